The summed E-state index contributed by atoms with van der Waals surface area (Å²) in [6.45, 7) is 0. The van der Waals surface area contributed by atoms with Crippen molar-refractivity contribution in [1.82, 2.24) is 0 Å². The van der Waals surface area contributed by atoms with Gasteiger partial charge in [-0.15, -0.1) is 0 Å². The molecule has 3 aliphatic rings. The van der Waals surface area contributed by atoms with Crippen molar-refractivity contribution in [2.75, 3.05) is 0 Å². The fourth-order valence-corrected chi connectivity index (χ4v) is 3.37. The normalized spacial score (nSPS) is 66.0. The Kier molecular flexibility index (Phi) is 0.427. The molecule has 8 heavy (non-hydrogen) atoms. The molecule has 0 radical (unpaired) electrons. The van der Waals surface area contributed by atoms with Crippen molar-refractivity contribution >= 4 is 0 Å². The molecule has 3 saturated carbocycles. The molecule has 0 aromatic rings. The van der Waals surface area contributed by atoms with Crippen molar-refractivity contribution < 1.29 is 0 Å². The Balaban J connectivity index is 2.00. The van der Waals surface area contributed by atoms with Crippen LogP contribution in [0.4, 0.5) is 0 Å². The minimum absolute atomic E-state index is 1.00. The first kappa shape index (κ1) is 3.92. The summed E-state index contributed by atoms with van der Waals surface area (Å²) in [5.74, 6) is 2.48. The van der Waals surface area contributed by atoms with Gasteiger partial charge in [-0.05, 0) is 42.9 Å². The Bertz CT molecular complexity index is 139. The second kappa shape index (κ2) is 0.872. The van der Waals surface area contributed by atoms with Gasteiger partial charge >= 0.3 is 0 Å². The maximum atomic E-state index is 1.60. The van der Waals surface area contributed by atoms with E-state index in [9.17, 15) is 0 Å². The van der Waals surface area contributed by atoms with Crippen LogP contribution in [0.2, 0.25) is 0 Å². The van der Waals surface area contributed by atoms with E-state index in [4.69, 9.17) is 0 Å². The van der Waals surface area contributed by atoms with E-state index in [1.807, 2.05) is 0 Å². The molecule has 0 bridgehead atoms. The molecular formula is C8H12. The van der Waals surface area contributed by atoms with Gasteiger partial charge in [-0.25, -0.2) is 0 Å². The van der Waals surface area contributed by atoms with Gasteiger partial charge in [-0.3, -0.25) is 0 Å². The largest absolute Gasteiger partial charge is 0.0525 e. The van der Waals surface area contributed by atoms with Gasteiger partial charge in [0.2, 0.25) is 0 Å². The molecule has 0 N–H and O–H groups in total. The molecule has 1 spiro atoms. The van der Waals surface area contributed by atoms with Crippen LogP contribution in [0.3, 0.4) is 0 Å². The summed E-state index contributed by atoms with van der Waals surface area (Å²) in [5, 5.41) is 0. The van der Waals surface area contributed by atoms with Gasteiger partial charge in [0.05, 0.1) is 0 Å². The first-order valence-corrected chi connectivity index (χ1v) is 3.93. The molecule has 0 heteroatoms. The Morgan fingerprint density at radius 1 is 1.00 bits per heavy atom. The van der Waals surface area contributed by atoms with Crippen LogP contribution in [0.5, 0.6) is 0 Å². The van der Waals surface area contributed by atoms with Gasteiger partial charge in [0.15, 0.2) is 0 Å². The zero-order valence-corrected chi connectivity index (χ0v) is 5.19. The molecule has 3 aliphatic carbocycles. The van der Waals surface area contributed by atoms with Gasteiger partial charge in [-0.1, -0.05) is 6.42 Å². The van der Waals surface area contributed by atoms with Gasteiger partial charge in [-0.2, -0.15) is 0 Å². The average Bonchev–Trinajstić information content (AvgIpc) is 2.20. The van der Waals surface area contributed by atoms with Gasteiger partial charge in [0.25, 0.3) is 0 Å². The molecule has 0 nitrogen and oxygen atoms in total. The quantitative estimate of drug-likeness (QED) is 0.446. The van der Waals surface area contributed by atoms with Crippen LogP contribution in [-0.2, 0) is 0 Å². The maximum absolute atomic E-state index is 1.60. The molecular weight excluding hydrogens is 96.1 g/mol. The third kappa shape index (κ3) is 0.206. The van der Waals surface area contributed by atoms with E-state index < -0.39 is 0 Å². The van der Waals surface area contributed by atoms with E-state index in [0.717, 1.165) is 5.41 Å². The van der Waals surface area contributed by atoms with Crippen LogP contribution >= 0.6 is 0 Å². The van der Waals surface area contributed by atoms with Crippen LogP contribution in [0.25, 0.3) is 0 Å². The van der Waals surface area contributed by atoms with Crippen molar-refractivity contribution in [1.29, 1.82) is 0 Å². The highest BCUT2D eigenvalue weighted by Crippen LogP contribution is 2.79. The molecule has 0 aliphatic heterocycles. The predicted molar refractivity (Wildman–Crippen MR) is 32.5 cm³/mol. The molecule has 0 saturated heterocycles. The van der Waals surface area contributed by atoms with Crippen LogP contribution in [0.15, 0.2) is 0 Å². The summed E-state index contributed by atoms with van der Waals surface area (Å²) in [4.78, 5) is 0. The first-order chi connectivity index (χ1) is 3.93. The second-order valence-electron chi connectivity index (χ2n) is 3.88. The monoisotopic (exact) mass is 108 g/mol. The van der Waals surface area contributed by atoms with Crippen LogP contribution in [0.1, 0.15) is 32.1 Å². The van der Waals surface area contributed by atoms with Crippen molar-refractivity contribution in [3.63, 3.8) is 0 Å². The van der Waals surface area contributed by atoms with Crippen molar-refractivity contribution in [3.8, 4) is 0 Å². The lowest BCUT2D eigenvalue weighted by Gasteiger charge is -2.23. The van der Waals surface area contributed by atoms with E-state index in [1.54, 1.807) is 32.1 Å². The standard InChI is InChI=1S/C8H12/c1-2-6-7-3-5-8(6,7)4-1/h6-7H,1-5H2/t6-,7+,8?/m0/s1. The Hall–Kier alpha value is 0. The lowest BCUT2D eigenvalue weighted by atomic mass is 9.82. The average molecular weight is 108 g/mol. The van der Waals surface area contributed by atoms with E-state index in [2.05, 4.69) is 0 Å². The third-order valence-electron chi connectivity index (χ3n) is 3.93. The molecule has 3 rings (SSSR count). The molecule has 44 valence electrons. The Morgan fingerprint density at radius 3 is 2.25 bits per heavy atom. The Morgan fingerprint density at radius 2 is 1.88 bits per heavy atom. The number of rotatable bonds is 0. The lowest BCUT2D eigenvalue weighted by Crippen LogP contribution is -2.12. The third-order valence-corrected chi connectivity index (χ3v) is 3.93. The molecule has 3 fully saturated rings. The highest BCUT2D eigenvalue weighted by molar-refractivity contribution is 5.20. The van der Waals surface area contributed by atoms with Crippen molar-refractivity contribution in [3.05, 3.63) is 0 Å². The number of fused-ring (bicyclic) bond motifs is 1. The van der Waals surface area contributed by atoms with Crippen LogP contribution in [0, 0.1) is 17.3 Å². The highest BCUT2D eigenvalue weighted by atomic mass is 14.8. The fraction of sp³-hybridized carbons (Fsp3) is 1.00. The lowest BCUT2D eigenvalue weighted by molar-refractivity contribution is 0.279. The van der Waals surface area contributed by atoms with E-state index in [-0.39, 0.29) is 0 Å². The number of hydrogen-bond acceptors (Lipinski definition) is 0. The Labute approximate surface area is 50.3 Å². The first-order valence-electron chi connectivity index (χ1n) is 3.93. The minimum Gasteiger partial charge on any atom is -0.0525 e. The fourth-order valence-electron chi connectivity index (χ4n) is 3.37. The topological polar surface area (TPSA) is 0 Å². The van der Waals surface area contributed by atoms with E-state index >= 15 is 0 Å². The maximum Gasteiger partial charge on any atom is -0.0235 e. The van der Waals surface area contributed by atoms with Crippen molar-refractivity contribution in [2.24, 2.45) is 17.3 Å². The van der Waals surface area contributed by atoms with Gasteiger partial charge in [0, 0.05) is 0 Å². The molecule has 0 aromatic heterocycles. The second-order valence-corrected chi connectivity index (χ2v) is 3.88. The van der Waals surface area contributed by atoms with Gasteiger partial charge < -0.3 is 0 Å². The van der Waals surface area contributed by atoms with E-state index in [1.165, 1.54) is 11.8 Å². The summed E-state index contributed by atoms with van der Waals surface area (Å²) in [6, 6.07) is 0. The molecule has 0 aromatic carbocycles. The van der Waals surface area contributed by atoms with Gasteiger partial charge in [0.1, 0.15) is 0 Å². The summed E-state index contributed by atoms with van der Waals surface area (Å²) >= 11 is 0. The smallest absolute Gasteiger partial charge is 0.0235 e. The summed E-state index contributed by atoms with van der Waals surface area (Å²) in [5.41, 5.74) is 1.00. The molecule has 0 amide bonds. The summed E-state index contributed by atoms with van der Waals surface area (Å²) in [7, 11) is 0. The van der Waals surface area contributed by atoms with Crippen LogP contribution in [-0.4, -0.2) is 0 Å². The van der Waals surface area contributed by atoms with E-state index in [0.29, 0.717) is 0 Å². The summed E-state index contributed by atoms with van der Waals surface area (Å²) in [6.07, 6.45) is 7.93. The van der Waals surface area contributed by atoms with Crippen molar-refractivity contribution in [2.45, 2.75) is 32.1 Å². The molecule has 3 atom stereocenters. The summed E-state index contributed by atoms with van der Waals surface area (Å²) < 4.78 is 0. The number of hydrogen-bond donors (Lipinski definition) is 0. The zero-order valence-electron chi connectivity index (χ0n) is 5.19. The molecule has 1 unspecified atom stereocenters. The highest BCUT2D eigenvalue weighted by Gasteiger charge is 2.71. The predicted octanol–water partition coefficient (Wildman–Crippen LogP) is 2.20. The molecule has 0 heterocycles. The SMILES string of the molecule is C1C[C@H]2[C@H]3CCC32C1. The van der Waals surface area contributed by atoms with Crippen LogP contribution < -0.4 is 0 Å². The minimum atomic E-state index is 1.00. The zero-order chi connectivity index (χ0) is 5.19.